The summed E-state index contributed by atoms with van der Waals surface area (Å²) in [4.78, 5) is 6.88. The molecule has 0 aromatic heterocycles. The zero-order chi connectivity index (χ0) is 17.7. The SMILES string of the molecule is CN=C(NCCCCC1CCCC1)NCC1CCN(CCOC)CC1.I. The predicted octanol–water partition coefficient (Wildman–Crippen LogP) is 3.49. The van der Waals surface area contributed by atoms with Gasteiger partial charge in [-0.15, -0.1) is 24.0 Å². The highest BCUT2D eigenvalue weighted by Gasteiger charge is 2.19. The number of rotatable bonds is 10. The lowest BCUT2D eigenvalue weighted by molar-refractivity contribution is 0.121. The molecule has 5 nitrogen and oxygen atoms in total. The minimum Gasteiger partial charge on any atom is -0.383 e. The van der Waals surface area contributed by atoms with Crippen LogP contribution < -0.4 is 10.6 Å². The number of ether oxygens (including phenoxy) is 1. The molecule has 2 aliphatic rings. The lowest BCUT2D eigenvalue weighted by atomic mass is 9.97. The van der Waals surface area contributed by atoms with Gasteiger partial charge >= 0.3 is 0 Å². The molecule has 1 saturated heterocycles. The Morgan fingerprint density at radius 1 is 1.04 bits per heavy atom. The number of aliphatic imine (C=N–C) groups is 1. The molecule has 0 atom stereocenters. The Hall–Kier alpha value is -0.0800. The van der Waals surface area contributed by atoms with Crippen molar-refractivity contribution < 1.29 is 4.74 Å². The summed E-state index contributed by atoms with van der Waals surface area (Å²) < 4.78 is 5.17. The standard InChI is InChI=1S/C20H40N4O.HI/c1-21-20(22-12-6-5-9-18-7-3-4-8-18)23-17-19-10-13-24(14-11-19)15-16-25-2;/h18-19H,3-17H2,1-2H3,(H2,21,22,23);1H. The molecule has 0 radical (unpaired) electrons. The Labute approximate surface area is 178 Å². The zero-order valence-electron chi connectivity index (χ0n) is 17.0. The average molecular weight is 480 g/mol. The van der Waals surface area contributed by atoms with Crippen LogP contribution >= 0.6 is 24.0 Å². The smallest absolute Gasteiger partial charge is 0.190 e. The van der Waals surface area contributed by atoms with Gasteiger partial charge in [-0.05, 0) is 44.2 Å². The minimum absolute atomic E-state index is 0. The number of piperidine rings is 1. The van der Waals surface area contributed by atoms with Gasteiger partial charge in [0.1, 0.15) is 0 Å². The molecule has 2 rings (SSSR count). The first-order chi connectivity index (χ1) is 12.3. The quantitative estimate of drug-likeness (QED) is 0.218. The molecule has 6 heteroatoms. The second-order valence-electron chi connectivity index (χ2n) is 7.80. The summed E-state index contributed by atoms with van der Waals surface area (Å²) in [6.45, 7) is 6.40. The third-order valence-corrected chi connectivity index (χ3v) is 5.91. The zero-order valence-corrected chi connectivity index (χ0v) is 19.3. The first-order valence-electron chi connectivity index (χ1n) is 10.5. The molecule has 0 bridgehead atoms. The fourth-order valence-electron chi connectivity index (χ4n) is 4.16. The van der Waals surface area contributed by atoms with Crippen LogP contribution in [-0.2, 0) is 4.74 Å². The molecule has 0 spiro atoms. The van der Waals surface area contributed by atoms with Crippen LogP contribution in [0, 0.1) is 11.8 Å². The molecule has 1 aliphatic heterocycles. The molecule has 1 saturated carbocycles. The van der Waals surface area contributed by atoms with Crippen LogP contribution in [0.4, 0.5) is 0 Å². The highest BCUT2D eigenvalue weighted by atomic mass is 127. The Bertz CT molecular complexity index is 367. The number of hydrogen-bond donors (Lipinski definition) is 2. The molecule has 2 fully saturated rings. The van der Waals surface area contributed by atoms with Crippen LogP contribution in [0.3, 0.4) is 0 Å². The maximum Gasteiger partial charge on any atom is 0.190 e. The number of nitrogens with one attached hydrogen (secondary N) is 2. The third kappa shape index (κ3) is 9.74. The molecule has 154 valence electrons. The molecule has 2 N–H and O–H groups in total. The molecule has 0 aromatic rings. The van der Waals surface area contributed by atoms with Crippen molar-refractivity contribution in [2.75, 3.05) is 53.5 Å². The number of halogens is 1. The molecule has 0 amide bonds. The summed E-state index contributed by atoms with van der Waals surface area (Å²) in [5, 5.41) is 7.01. The Balaban J connectivity index is 0.00000338. The van der Waals surface area contributed by atoms with Crippen molar-refractivity contribution in [3.05, 3.63) is 0 Å². The molecular weight excluding hydrogens is 439 g/mol. The Morgan fingerprint density at radius 3 is 2.42 bits per heavy atom. The van der Waals surface area contributed by atoms with E-state index in [1.165, 1.54) is 70.9 Å². The molecule has 1 aliphatic carbocycles. The van der Waals surface area contributed by atoms with Crippen LogP contribution in [0.1, 0.15) is 57.8 Å². The normalized spacial score (nSPS) is 20.2. The lowest BCUT2D eigenvalue weighted by Gasteiger charge is -2.32. The second kappa shape index (κ2) is 14.9. The van der Waals surface area contributed by atoms with Gasteiger partial charge in [0.15, 0.2) is 5.96 Å². The molecule has 0 aromatic carbocycles. The van der Waals surface area contributed by atoms with Crippen molar-refractivity contribution in [2.24, 2.45) is 16.8 Å². The maximum atomic E-state index is 5.17. The van der Waals surface area contributed by atoms with Gasteiger partial charge in [0.2, 0.25) is 0 Å². The van der Waals surface area contributed by atoms with Gasteiger partial charge in [0.05, 0.1) is 6.61 Å². The van der Waals surface area contributed by atoms with Crippen LogP contribution in [0.5, 0.6) is 0 Å². The number of unbranched alkanes of at least 4 members (excludes halogenated alkanes) is 1. The molecule has 26 heavy (non-hydrogen) atoms. The van der Waals surface area contributed by atoms with Crippen molar-refractivity contribution in [2.45, 2.75) is 57.8 Å². The summed E-state index contributed by atoms with van der Waals surface area (Å²) in [5.41, 5.74) is 0. The first kappa shape index (κ1) is 24.0. The van der Waals surface area contributed by atoms with E-state index in [1.54, 1.807) is 7.11 Å². The van der Waals surface area contributed by atoms with Crippen molar-refractivity contribution in [3.63, 3.8) is 0 Å². The van der Waals surface area contributed by atoms with Gasteiger partial charge in [0, 0.05) is 33.8 Å². The molecular formula is C20H41IN4O. The second-order valence-corrected chi connectivity index (χ2v) is 7.80. The highest BCUT2D eigenvalue weighted by molar-refractivity contribution is 14.0. The summed E-state index contributed by atoms with van der Waals surface area (Å²) >= 11 is 0. The fourth-order valence-corrected chi connectivity index (χ4v) is 4.16. The van der Waals surface area contributed by atoms with Gasteiger partial charge in [-0.1, -0.05) is 38.5 Å². The van der Waals surface area contributed by atoms with E-state index >= 15 is 0 Å². The number of hydrogen-bond acceptors (Lipinski definition) is 3. The van der Waals surface area contributed by atoms with Crippen LogP contribution in [0.2, 0.25) is 0 Å². The monoisotopic (exact) mass is 480 g/mol. The van der Waals surface area contributed by atoms with Gasteiger partial charge in [-0.3, -0.25) is 4.99 Å². The van der Waals surface area contributed by atoms with Gasteiger partial charge in [0.25, 0.3) is 0 Å². The molecule has 1 heterocycles. The minimum atomic E-state index is 0. The summed E-state index contributed by atoms with van der Waals surface area (Å²) in [5.74, 6) is 2.76. The summed E-state index contributed by atoms with van der Waals surface area (Å²) in [6.07, 6.45) is 12.5. The van der Waals surface area contributed by atoms with Crippen molar-refractivity contribution in [1.29, 1.82) is 0 Å². The maximum absolute atomic E-state index is 5.17. The van der Waals surface area contributed by atoms with Crippen molar-refractivity contribution in [3.8, 4) is 0 Å². The van der Waals surface area contributed by atoms with Gasteiger partial charge in [-0.2, -0.15) is 0 Å². The van der Waals surface area contributed by atoms with E-state index in [0.29, 0.717) is 0 Å². The topological polar surface area (TPSA) is 48.9 Å². The van der Waals surface area contributed by atoms with E-state index in [9.17, 15) is 0 Å². The third-order valence-electron chi connectivity index (χ3n) is 5.91. The van der Waals surface area contributed by atoms with Gasteiger partial charge in [-0.25, -0.2) is 0 Å². The highest BCUT2D eigenvalue weighted by Crippen LogP contribution is 2.28. The Morgan fingerprint density at radius 2 is 1.77 bits per heavy atom. The average Bonchev–Trinajstić information content (AvgIpc) is 3.16. The lowest BCUT2D eigenvalue weighted by Crippen LogP contribution is -2.43. The first-order valence-corrected chi connectivity index (χ1v) is 10.5. The van der Waals surface area contributed by atoms with E-state index in [-0.39, 0.29) is 24.0 Å². The molecule has 0 unspecified atom stereocenters. The van der Waals surface area contributed by atoms with Gasteiger partial charge < -0.3 is 20.3 Å². The Kier molecular flexibility index (Phi) is 13.7. The number of nitrogens with zero attached hydrogens (tertiary/aromatic N) is 2. The summed E-state index contributed by atoms with van der Waals surface area (Å²) in [7, 11) is 3.66. The van der Waals surface area contributed by atoms with Crippen molar-refractivity contribution >= 4 is 29.9 Å². The number of guanidine groups is 1. The largest absolute Gasteiger partial charge is 0.383 e. The number of likely N-dealkylation sites (tertiary alicyclic amines) is 1. The van der Waals surface area contributed by atoms with Crippen LogP contribution in [0.15, 0.2) is 4.99 Å². The predicted molar refractivity (Wildman–Crippen MR) is 122 cm³/mol. The van der Waals surface area contributed by atoms with E-state index in [1.807, 2.05) is 7.05 Å². The van der Waals surface area contributed by atoms with E-state index in [4.69, 9.17) is 4.74 Å². The van der Waals surface area contributed by atoms with E-state index < -0.39 is 0 Å². The van der Waals surface area contributed by atoms with Crippen molar-refractivity contribution in [1.82, 2.24) is 15.5 Å². The summed E-state index contributed by atoms with van der Waals surface area (Å²) in [6, 6.07) is 0. The van der Waals surface area contributed by atoms with Crippen LogP contribution in [0.25, 0.3) is 0 Å². The fraction of sp³-hybridized carbons (Fsp3) is 0.950. The van der Waals surface area contributed by atoms with E-state index in [2.05, 4.69) is 20.5 Å². The van der Waals surface area contributed by atoms with Crippen LogP contribution in [-0.4, -0.2) is 64.3 Å². The van der Waals surface area contributed by atoms with E-state index in [0.717, 1.165) is 44.0 Å². The number of methoxy groups -OCH3 is 1.